The SMILES string of the molecule is COc1cccc(C=NN(Cc2ccco2)C(=O)C(N)=O)c1OC. The lowest BCUT2D eigenvalue weighted by Gasteiger charge is -2.14. The van der Waals surface area contributed by atoms with Crippen LogP contribution < -0.4 is 15.2 Å². The summed E-state index contributed by atoms with van der Waals surface area (Å²) in [6.45, 7) is -0.0302. The number of hydrogen-bond donors (Lipinski definition) is 1. The van der Waals surface area contributed by atoms with E-state index in [9.17, 15) is 9.59 Å². The monoisotopic (exact) mass is 331 g/mol. The van der Waals surface area contributed by atoms with Gasteiger partial charge in [0.05, 0.1) is 26.7 Å². The van der Waals surface area contributed by atoms with Gasteiger partial charge in [0.25, 0.3) is 0 Å². The number of rotatable bonds is 6. The highest BCUT2D eigenvalue weighted by Crippen LogP contribution is 2.29. The van der Waals surface area contributed by atoms with Gasteiger partial charge in [0.15, 0.2) is 11.5 Å². The molecule has 2 amide bonds. The van der Waals surface area contributed by atoms with E-state index in [4.69, 9.17) is 19.6 Å². The third kappa shape index (κ3) is 3.92. The summed E-state index contributed by atoms with van der Waals surface area (Å²) in [7, 11) is 3.00. The zero-order valence-electron chi connectivity index (χ0n) is 13.3. The Bertz CT molecular complexity index is 740. The molecule has 126 valence electrons. The summed E-state index contributed by atoms with van der Waals surface area (Å²) < 4.78 is 15.6. The van der Waals surface area contributed by atoms with Crippen molar-refractivity contribution in [3.05, 3.63) is 47.9 Å². The molecular formula is C16H17N3O5. The van der Waals surface area contributed by atoms with Gasteiger partial charge in [-0.3, -0.25) is 9.59 Å². The van der Waals surface area contributed by atoms with Crippen LogP contribution in [0.3, 0.4) is 0 Å². The van der Waals surface area contributed by atoms with E-state index < -0.39 is 11.8 Å². The van der Waals surface area contributed by atoms with Crippen LogP contribution in [-0.4, -0.2) is 37.3 Å². The van der Waals surface area contributed by atoms with E-state index >= 15 is 0 Å². The number of carbonyl (C=O) groups excluding carboxylic acids is 2. The molecular weight excluding hydrogens is 314 g/mol. The average molecular weight is 331 g/mol. The van der Waals surface area contributed by atoms with Crippen molar-refractivity contribution in [3.8, 4) is 11.5 Å². The molecule has 8 nitrogen and oxygen atoms in total. The molecule has 1 heterocycles. The number of nitrogens with zero attached hydrogens (tertiary/aromatic N) is 2. The lowest BCUT2D eigenvalue weighted by Crippen LogP contribution is -2.36. The van der Waals surface area contributed by atoms with Gasteiger partial charge in [-0.05, 0) is 24.3 Å². The highest BCUT2D eigenvalue weighted by atomic mass is 16.5. The van der Waals surface area contributed by atoms with Crippen LogP contribution in [0.4, 0.5) is 0 Å². The van der Waals surface area contributed by atoms with Crippen molar-refractivity contribution in [2.45, 2.75) is 6.54 Å². The van der Waals surface area contributed by atoms with E-state index in [1.54, 1.807) is 30.3 Å². The summed E-state index contributed by atoms with van der Waals surface area (Å²) in [4.78, 5) is 23.1. The van der Waals surface area contributed by atoms with E-state index in [2.05, 4.69) is 5.10 Å². The molecule has 0 bridgehead atoms. The molecule has 0 radical (unpaired) electrons. The van der Waals surface area contributed by atoms with E-state index in [-0.39, 0.29) is 6.54 Å². The summed E-state index contributed by atoms with van der Waals surface area (Å²) >= 11 is 0. The fraction of sp³-hybridized carbons (Fsp3) is 0.188. The highest BCUT2D eigenvalue weighted by Gasteiger charge is 2.20. The molecule has 2 N–H and O–H groups in total. The Morgan fingerprint density at radius 3 is 2.62 bits per heavy atom. The molecule has 0 atom stereocenters. The van der Waals surface area contributed by atoms with Gasteiger partial charge < -0.3 is 19.6 Å². The first kappa shape index (κ1) is 17.1. The molecule has 0 saturated heterocycles. The summed E-state index contributed by atoms with van der Waals surface area (Å²) in [5, 5.41) is 4.95. The Balaban J connectivity index is 2.30. The number of furan rings is 1. The molecule has 0 unspecified atom stereocenters. The smallest absolute Gasteiger partial charge is 0.332 e. The standard InChI is InChI=1S/C16H17N3O5/c1-22-13-7-3-5-11(14(13)23-2)9-18-19(16(21)15(17)20)10-12-6-4-8-24-12/h3-9H,10H2,1-2H3,(H2,17,20). The van der Waals surface area contributed by atoms with Crippen LogP contribution in [0.15, 0.2) is 46.1 Å². The van der Waals surface area contributed by atoms with Crippen molar-refractivity contribution in [3.63, 3.8) is 0 Å². The number of nitrogens with two attached hydrogens (primary N) is 1. The molecule has 1 aromatic heterocycles. The highest BCUT2D eigenvalue weighted by molar-refractivity contribution is 6.34. The van der Waals surface area contributed by atoms with Gasteiger partial charge in [-0.1, -0.05) is 6.07 Å². The number of amides is 2. The molecule has 8 heteroatoms. The first-order valence-corrected chi connectivity index (χ1v) is 6.95. The number of methoxy groups -OCH3 is 2. The minimum Gasteiger partial charge on any atom is -0.493 e. The maximum absolute atomic E-state index is 11.9. The molecule has 0 aliphatic carbocycles. The van der Waals surface area contributed by atoms with E-state index in [1.165, 1.54) is 26.7 Å². The van der Waals surface area contributed by atoms with Crippen LogP contribution in [0, 0.1) is 0 Å². The number of hydrogen-bond acceptors (Lipinski definition) is 6. The number of primary amides is 1. The van der Waals surface area contributed by atoms with Crippen LogP contribution in [0.5, 0.6) is 11.5 Å². The number of benzene rings is 1. The summed E-state index contributed by atoms with van der Waals surface area (Å²) in [6.07, 6.45) is 2.84. The molecule has 0 aliphatic rings. The van der Waals surface area contributed by atoms with Gasteiger partial charge in [0, 0.05) is 5.56 Å². The van der Waals surface area contributed by atoms with E-state index in [0.717, 1.165) is 5.01 Å². The maximum atomic E-state index is 11.9. The Kier molecular flexibility index (Phi) is 5.56. The van der Waals surface area contributed by atoms with Crippen molar-refractivity contribution < 1.29 is 23.5 Å². The summed E-state index contributed by atoms with van der Waals surface area (Å²) in [6, 6.07) is 8.52. The third-order valence-corrected chi connectivity index (χ3v) is 3.10. The van der Waals surface area contributed by atoms with Crippen molar-refractivity contribution in [2.24, 2.45) is 10.8 Å². The zero-order valence-corrected chi connectivity index (χ0v) is 13.3. The Labute approximate surface area is 138 Å². The Hall–Kier alpha value is -3.29. The molecule has 0 aliphatic heterocycles. The van der Waals surface area contributed by atoms with Crippen molar-refractivity contribution in [1.82, 2.24) is 5.01 Å². The van der Waals surface area contributed by atoms with Crippen LogP contribution in [-0.2, 0) is 16.1 Å². The van der Waals surface area contributed by atoms with Gasteiger partial charge in [-0.25, -0.2) is 5.01 Å². The third-order valence-electron chi connectivity index (χ3n) is 3.10. The van der Waals surface area contributed by atoms with Crippen LogP contribution in [0.25, 0.3) is 0 Å². The van der Waals surface area contributed by atoms with Crippen LogP contribution in [0.2, 0.25) is 0 Å². The fourth-order valence-electron chi connectivity index (χ4n) is 1.99. The molecule has 2 rings (SSSR count). The lowest BCUT2D eigenvalue weighted by atomic mass is 10.2. The van der Waals surface area contributed by atoms with E-state index in [0.29, 0.717) is 22.8 Å². The molecule has 0 fully saturated rings. The average Bonchev–Trinajstić information content (AvgIpc) is 3.10. The Morgan fingerprint density at radius 2 is 2.04 bits per heavy atom. The number of ether oxygens (including phenoxy) is 2. The second-order valence-electron chi connectivity index (χ2n) is 4.63. The van der Waals surface area contributed by atoms with Gasteiger partial charge in [-0.2, -0.15) is 5.10 Å². The second kappa shape index (κ2) is 7.82. The lowest BCUT2D eigenvalue weighted by molar-refractivity contribution is -0.144. The minimum atomic E-state index is -1.11. The Morgan fingerprint density at radius 1 is 1.25 bits per heavy atom. The number of carbonyl (C=O) groups is 2. The molecule has 0 saturated carbocycles. The maximum Gasteiger partial charge on any atom is 0.332 e. The van der Waals surface area contributed by atoms with E-state index in [1.807, 2.05) is 0 Å². The summed E-state index contributed by atoms with van der Waals surface area (Å²) in [5.74, 6) is -0.645. The first-order valence-electron chi connectivity index (χ1n) is 6.95. The van der Waals surface area contributed by atoms with Gasteiger partial charge in [-0.15, -0.1) is 0 Å². The van der Waals surface area contributed by atoms with Crippen molar-refractivity contribution in [2.75, 3.05) is 14.2 Å². The fourth-order valence-corrected chi connectivity index (χ4v) is 1.99. The molecule has 24 heavy (non-hydrogen) atoms. The molecule has 0 spiro atoms. The zero-order chi connectivity index (χ0) is 17.5. The number of hydrazone groups is 1. The van der Waals surface area contributed by atoms with Crippen molar-refractivity contribution >= 4 is 18.0 Å². The van der Waals surface area contributed by atoms with Gasteiger partial charge in [0.1, 0.15) is 12.3 Å². The van der Waals surface area contributed by atoms with Gasteiger partial charge in [0.2, 0.25) is 0 Å². The molecule has 2 aromatic rings. The topological polar surface area (TPSA) is 107 Å². The summed E-state index contributed by atoms with van der Waals surface area (Å²) in [5.41, 5.74) is 5.63. The minimum absolute atomic E-state index is 0.0302. The van der Waals surface area contributed by atoms with Crippen LogP contribution >= 0.6 is 0 Å². The quantitative estimate of drug-likeness (QED) is 0.485. The second-order valence-corrected chi connectivity index (χ2v) is 4.63. The van der Waals surface area contributed by atoms with Gasteiger partial charge >= 0.3 is 11.8 Å². The molecule has 1 aromatic carbocycles. The van der Waals surface area contributed by atoms with Crippen LogP contribution in [0.1, 0.15) is 11.3 Å². The van der Waals surface area contributed by atoms with Crippen molar-refractivity contribution in [1.29, 1.82) is 0 Å². The normalized spacial score (nSPS) is 10.6. The number of para-hydroxylation sites is 1. The predicted octanol–water partition coefficient (Wildman–Crippen LogP) is 1.14. The predicted molar refractivity (Wildman–Crippen MR) is 85.6 cm³/mol. The largest absolute Gasteiger partial charge is 0.493 e. The first-order chi connectivity index (χ1) is 11.6.